The van der Waals surface area contributed by atoms with Crippen LogP contribution in [-0.2, 0) is 4.79 Å². The Morgan fingerprint density at radius 3 is 2.29 bits per heavy atom. The summed E-state index contributed by atoms with van der Waals surface area (Å²) >= 11 is 2.92. The Labute approximate surface area is 127 Å². The van der Waals surface area contributed by atoms with Gasteiger partial charge in [0.1, 0.15) is 11.2 Å². The van der Waals surface area contributed by atoms with Crippen LogP contribution in [0.5, 0.6) is 0 Å². The summed E-state index contributed by atoms with van der Waals surface area (Å²) in [5.41, 5.74) is -2.08. The summed E-state index contributed by atoms with van der Waals surface area (Å²) in [7, 11) is 0. The minimum absolute atomic E-state index is 0.180. The van der Waals surface area contributed by atoms with E-state index >= 15 is 0 Å². The molecule has 5 nitrogen and oxygen atoms in total. The van der Waals surface area contributed by atoms with Gasteiger partial charge in [0.25, 0.3) is 0 Å². The summed E-state index contributed by atoms with van der Waals surface area (Å²) in [6.07, 6.45) is 1.37. The minimum atomic E-state index is -1.45. The molecule has 8 heteroatoms. The predicted molar refractivity (Wildman–Crippen MR) is 75.0 cm³/mol. The monoisotopic (exact) mass is 362 g/mol. The molecule has 0 saturated heterocycles. The van der Waals surface area contributed by atoms with E-state index in [0.29, 0.717) is 12.8 Å². The number of nitrogens with one attached hydrogen (secondary N) is 2. The lowest BCUT2D eigenvalue weighted by molar-refractivity contribution is -0.144. The van der Waals surface area contributed by atoms with Crippen LogP contribution in [0.2, 0.25) is 0 Å². The van der Waals surface area contributed by atoms with Gasteiger partial charge >= 0.3 is 12.0 Å². The van der Waals surface area contributed by atoms with E-state index in [4.69, 9.17) is 0 Å². The van der Waals surface area contributed by atoms with Gasteiger partial charge in [0.2, 0.25) is 0 Å². The number of carbonyl (C=O) groups excluding carboxylic acids is 1. The van der Waals surface area contributed by atoms with Crippen molar-refractivity contribution >= 4 is 33.6 Å². The number of amides is 2. The first-order valence-corrected chi connectivity index (χ1v) is 7.00. The summed E-state index contributed by atoms with van der Waals surface area (Å²) in [6.45, 7) is 1.38. The molecule has 2 rings (SSSR count). The molecule has 1 aromatic rings. The highest BCUT2D eigenvalue weighted by Crippen LogP contribution is 2.39. The lowest BCUT2D eigenvalue weighted by Gasteiger charge is -2.26. The number of carboxylic acid groups (broad SMARTS) is 1. The summed E-state index contributed by atoms with van der Waals surface area (Å²) in [5.74, 6) is -3.28. The van der Waals surface area contributed by atoms with Crippen molar-refractivity contribution in [3.05, 3.63) is 28.2 Å². The number of anilines is 1. The number of aliphatic carboxylic acids is 1. The van der Waals surface area contributed by atoms with Gasteiger partial charge in [-0.15, -0.1) is 0 Å². The minimum Gasteiger partial charge on any atom is -0.480 e. The van der Waals surface area contributed by atoms with Crippen LogP contribution in [-0.4, -0.2) is 22.6 Å². The Bertz CT molecular complexity index is 584. The number of hydrogen-bond acceptors (Lipinski definition) is 2. The fourth-order valence-electron chi connectivity index (χ4n) is 2.03. The average molecular weight is 363 g/mol. The van der Waals surface area contributed by atoms with Crippen molar-refractivity contribution in [3.63, 3.8) is 0 Å². The third-order valence-electron chi connectivity index (χ3n) is 3.46. The second kappa shape index (κ2) is 5.59. The van der Waals surface area contributed by atoms with Crippen molar-refractivity contribution in [2.75, 3.05) is 5.32 Å². The smallest absolute Gasteiger partial charge is 0.329 e. The quantitative estimate of drug-likeness (QED) is 0.769. The van der Waals surface area contributed by atoms with Crippen LogP contribution in [0.4, 0.5) is 19.3 Å². The molecule has 0 spiro atoms. The van der Waals surface area contributed by atoms with E-state index in [1.54, 1.807) is 0 Å². The summed E-state index contributed by atoms with van der Waals surface area (Å²) in [6, 6.07) is 1.03. The van der Waals surface area contributed by atoms with Crippen molar-refractivity contribution in [1.82, 2.24) is 5.32 Å². The molecule has 21 heavy (non-hydrogen) atoms. The number of rotatable bonds is 4. The number of urea groups is 1. The van der Waals surface area contributed by atoms with E-state index in [2.05, 4.69) is 21.2 Å². The molecule has 114 valence electrons. The predicted octanol–water partition coefficient (Wildman–Crippen LogP) is 3.10. The Hall–Kier alpha value is -1.70. The van der Waals surface area contributed by atoms with Crippen LogP contribution in [0, 0.1) is 17.6 Å². The molecule has 1 fully saturated rings. The molecule has 0 aliphatic heterocycles. The van der Waals surface area contributed by atoms with Crippen LogP contribution in [0.25, 0.3) is 0 Å². The normalized spacial score (nSPS) is 17.0. The van der Waals surface area contributed by atoms with E-state index in [-0.39, 0.29) is 10.4 Å². The van der Waals surface area contributed by atoms with Crippen LogP contribution < -0.4 is 10.6 Å². The Balaban J connectivity index is 2.13. The number of hydrogen-bond donors (Lipinski definition) is 3. The Morgan fingerprint density at radius 2 is 1.86 bits per heavy atom. The molecule has 1 aliphatic carbocycles. The molecule has 0 radical (unpaired) electrons. The molecule has 0 heterocycles. The van der Waals surface area contributed by atoms with Crippen LogP contribution in [0.1, 0.15) is 19.8 Å². The molecule has 1 unspecified atom stereocenters. The first-order chi connectivity index (χ1) is 9.74. The topological polar surface area (TPSA) is 78.4 Å². The third-order valence-corrected chi connectivity index (χ3v) is 3.91. The second-order valence-electron chi connectivity index (χ2n) is 5.11. The highest BCUT2D eigenvalue weighted by atomic mass is 79.9. The van der Waals surface area contributed by atoms with Crippen molar-refractivity contribution < 1.29 is 23.5 Å². The van der Waals surface area contributed by atoms with Crippen molar-refractivity contribution in [2.45, 2.75) is 25.3 Å². The molecule has 2 amide bonds. The van der Waals surface area contributed by atoms with Gasteiger partial charge in [-0.2, -0.15) is 0 Å². The number of benzene rings is 1. The zero-order chi connectivity index (χ0) is 15.8. The van der Waals surface area contributed by atoms with Gasteiger partial charge in [0.15, 0.2) is 11.6 Å². The molecular formula is C13H13BrF2N2O3. The van der Waals surface area contributed by atoms with Crippen molar-refractivity contribution in [1.29, 1.82) is 0 Å². The van der Waals surface area contributed by atoms with Gasteiger partial charge in [-0.05, 0) is 37.8 Å². The van der Waals surface area contributed by atoms with Crippen LogP contribution >= 0.6 is 15.9 Å². The number of halogens is 3. The van der Waals surface area contributed by atoms with Crippen molar-refractivity contribution in [2.24, 2.45) is 5.92 Å². The summed E-state index contributed by atoms with van der Waals surface area (Å²) in [4.78, 5) is 23.1. The maximum absolute atomic E-state index is 13.6. The van der Waals surface area contributed by atoms with Gasteiger partial charge in [0.05, 0.1) is 0 Å². The molecule has 1 aromatic carbocycles. The lowest BCUT2D eigenvalue weighted by atomic mass is 9.96. The third kappa shape index (κ3) is 3.31. The Kier molecular flexibility index (Phi) is 4.18. The summed E-state index contributed by atoms with van der Waals surface area (Å²) < 4.78 is 27.4. The van der Waals surface area contributed by atoms with Gasteiger partial charge < -0.3 is 15.7 Å². The molecule has 1 aliphatic rings. The molecule has 1 saturated carbocycles. The van der Waals surface area contributed by atoms with Gasteiger partial charge in [-0.1, -0.05) is 15.9 Å². The first-order valence-electron chi connectivity index (χ1n) is 6.21. The fourth-order valence-corrected chi connectivity index (χ4v) is 2.44. The van der Waals surface area contributed by atoms with Gasteiger partial charge in [0, 0.05) is 4.47 Å². The molecule has 0 aromatic heterocycles. The number of carbonyl (C=O) groups is 2. The maximum Gasteiger partial charge on any atom is 0.329 e. The molecule has 1 atom stereocenters. The molecular weight excluding hydrogens is 350 g/mol. The maximum atomic E-state index is 13.6. The van der Waals surface area contributed by atoms with E-state index in [9.17, 15) is 23.5 Å². The van der Waals surface area contributed by atoms with Crippen molar-refractivity contribution in [3.8, 4) is 0 Å². The zero-order valence-corrected chi connectivity index (χ0v) is 12.6. The van der Waals surface area contributed by atoms with Crippen LogP contribution in [0.3, 0.4) is 0 Å². The standard InChI is InChI=1S/C13H13BrF2N2O3/c1-13(11(19)20,6-2-3-6)18-12(21)17-10-8(15)4-7(14)5-9(10)16/h4-6H,2-3H2,1H3,(H,19,20)(H2,17,18,21). The fraction of sp³-hybridized carbons (Fsp3) is 0.385. The highest BCUT2D eigenvalue weighted by molar-refractivity contribution is 9.10. The average Bonchev–Trinajstić information content (AvgIpc) is 3.17. The Morgan fingerprint density at radius 1 is 1.33 bits per heavy atom. The number of carboxylic acids is 1. The van der Waals surface area contributed by atoms with Crippen LogP contribution in [0.15, 0.2) is 16.6 Å². The highest BCUT2D eigenvalue weighted by Gasteiger charge is 2.48. The SMILES string of the molecule is CC(NC(=O)Nc1c(F)cc(Br)cc1F)(C(=O)O)C1CC1. The first kappa shape index (κ1) is 15.7. The lowest BCUT2D eigenvalue weighted by Crippen LogP contribution is -2.55. The molecule has 3 N–H and O–H groups in total. The van der Waals surface area contributed by atoms with E-state index in [1.807, 2.05) is 5.32 Å². The summed E-state index contributed by atoms with van der Waals surface area (Å²) in [5, 5.41) is 13.5. The zero-order valence-electron chi connectivity index (χ0n) is 11.0. The van der Waals surface area contributed by atoms with E-state index in [1.165, 1.54) is 6.92 Å². The molecule has 0 bridgehead atoms. The largest absolute Gasteiger partial charge is 0.480 e. The van der Waals surface area contributed by atoms with E-state index in [0.717, 1.165) is 12.1 Å². The van der Waals surface area contributed by atoms with E-state index < -0.39 is 34.9 Å². The van der Waals surface area contributed by atoms with Gasteiger partial charge in [-0.3, -0.25) is 0 Å². The second-order valence-corrected chi connectivity index (χ2v) is 6.02. The van der Waals surface area contributed by atoms with Gasteiger partial charge in [-0.25, -0.2) is 18.4 Å².